The second-order valence-electron chi connectivity index (χ2n) is 3.20. The molecule has 0 spiro atoms. The first-order chi connectivity index (χ1) is 5.77. The summed E-state index contributed by atoms with van der Waals surface area (Å²) in [6, 6.07) is 0. The Balaban J connectivity index is 2.31. The largest absolute Gasteiger partial charge is 0.341 e. The van der Waals surface area contributed by atoms with Gasteiger partial charge in [-0.3, -0.25) is 4.79 Å². The monoisotopic (exact) mass is 188 g/mol. The number of hydrogen-bond acceptors (Lipinski definition) is 3. The fourth-order valence-electron chi connectivity index (χ4n) is 1.44. The highest BCUT2D eigenvalue weighted by atomic mass is 32.1. The van der Waals surface area contributed by atoms with Crippen LogP contribution in [0.5, 0.6) is 0 Å². The molecule has 0 bridgehead atoms. The Kier molecular flexibility index (Phi) is 3.88. The fourth-order valence-corrected chi connectivity index (χ4v) is 1.68. The van der Waals surface area contributed by atoms with Gasteiger partial charge < -0.3 is 10.2 Å². The molecule has 0 aromatic carbocycles. The third kappa shape index (κ3) is 2.38. The number of likely N-dealkylation sites (tertiary alicyclic amines) is 1. The minimum absolute atomic E-state index is 0.282. The van der Waals surface area contributed by atoms with E-state index in [4.69, 9.17) is 0 Å². The van der Waals surface area contributed by atoms with Crippen molar-refractivity contribution >= 4 is 18.5 Å². The molecule has 1 aliphatic heterocycles. The zero-order valence-electron chi connectivity index (χ0n) is 7.42. The molecule has 0 saturated carbocycles. The summed E-state index contributed by atoms with van der Waals surface area (Å²) in [5.74, 6) is 1.57. The number of thiol groups is 1. The number of carbonyl (C=O) groups is 1. The average molecular weight is 188 g/mol. The molecule has 4 heteroatoms. The number of rotatable bonds is 4. The van der Waals surface area contributed by atoms with Gasteiger partial charge in [-0.2, -0.15) is 12.6 Å². The van der Waals surface area contributed by atoms with Crippen molar-refractivity contribution in [1.82, 2.24) is 10.2 Å². The van der Waals surface area contributed by atoms with Crippen LogP contribution in [0.2, 0.25) is 0 Å². The quantitative estimate of drug-likeness (QED) is 0.608. The molecular weight excluding hydrogens is 172 g/mol. The molecule has 1 atom stereocenters. The molecule has 1 unspecified atom stereocenters. The number of nitrogens with one attached hydrogen (secondary N) is 1. The van der Waals surface area contributed by atoms with E-state index in [9.17, 15) is 4.79 Å². The van der Waals surface area contributed by atoms with Crippen LogP contribution in [0.3, 0.4) is 0 Å². The standard InChI is InChI=1S/C8H16N2OS/c1-9-2-3-10-5-7(6-12)4-8(10)11/h7,9,12H,2-6H2,1H3. The van der Waals surface area contributed by atoms with Crippen molar-refractivity contribution in [3.63, 3.8) is 0 Å². The lowest BCUT2D eigenvalue weighted by Crippen LogP contribution is -2.32. The van der Waals surface area contributed by atoms with Gasteiger partial charge in [0.05, 0.1) is 0 Å². The van der Waals surface area contributed by atoms with Gasteiger partial charge in [0.1, 0.15) is 0 Å². The van der Waals surface area contributed by atoms with Crippen molar-refractivity contribution in [3.8, 4) is 0 Å². The average Bonchev–Trinajstić information content (AvgIpc) is 2.43. The second kappa shape index (κ2) is 4.72. The second-order valence-corrected chi connectivity index (χ2v) is 3.56. The third-order valence-electron chi connectivity index (χ3n) is 2.18. The molecule has 1 fully saturated rings. The molecule has 3 nitrogen and oxygen atoms in total. The molecule has 0 aliphatic carbocycles. The van der Waals surface area contributed by atoms with Gasteiger partial charge in [-0.05, 0) is 18.7 Å². The van der Waals surface area contributed by atoms with E-state index in [1.165, 1.54) is 0 Å². The van der Waals surface area contributed by atoms with Gasteiger partial charge in [0.15, 0.2) is 0 Å². The van der Waals surface area contributed by atoms with E-state index in [1.54, 1.807) is 0 Å². The van der Waals surface area contributed by atoms with E-state index in [1.807, 2.05) is 11.9 Å². The number of likely N-dealkylation sites (N-methyl/N-ethyl adjacent to an activating group) is 1. The van der Waals surface area contributed by atoms with E-state index in [-0.39, 0.29) is 5.91 Å². The van der Waals surface area contributed by atoms with Gasteiger partial charge in [0.25, 0.3) is 0 Å². The molecule has 1 N–H and O–H groups in total. The highest BCUT2D eigenvalue weighted by molar-refractivity contribution is 7.80. The van der Waals surface area contributed by atoms with Crippen LogP contribution < -0.4 is 5.32 Å². The molecule has 70 valence electrons. The Morgan fingerprint density at radius 2 is 2.50 bits per heavy atom. The lowest BCUT2D eigenvalue weighted by Gasteiger charge is -2.15. The molecule has 0 aromatic heterocycles. The van der Waals surface area contributed by atoms with Gasteiger partial charge in [0, 0.05) is 26.1 Å². The lowest BCUT2D eigenvalue weighted by atomic mass is 10.1. The summed E-state index contributed by atoms with van der Waals surface area (Å²) >= 11 is 4.19. The Morgan fingerprint density at radius 3 is 3.00 bits per heavy atom. The van der Waals surface area contributed by atoms with Gasteiger partial charge in [0.2, 0.25) is 5.91 Å². The predicted molar refractivity (Wildman–Crippen MR) is 52.5 cm³/mol. The molecular formula is C8H16N2OS. The minimum Gasteiger partial charge on any atom is -0.341 e. The first-order valence-corrected chi connectivity index (χ1v) is 4.94. The zero-order valence-corrected chi connectivity index (χ0v) is 8.31. The fraction of sp³-hybridized carbons (Fsp3) is 0.875. The number of amides is 1. The lowest BCUT2D eigenvalue weighted by molar-refractivity contribution is -0.127. The zero-order chi connectivity index (χ0) is 8.97. The van der Waals surface area contributed by atoms with Crippen LogP contribution in [0.15, 0.2) is 0 Å². The summed E-state index contributed by atoms with van der Waals surface area (Å²) in [4.78, 5) is 13.2. The van der Waals surface area contributed by atoms with E-state index < -0.39 is 0 Å². The normalized spacial score (nSPS) is 23.7. The van der Waals surface area contributed by atoms with Crippen molar-refractivity contribution in [2.45, 2.75) is 6.42 Å². The van der Waals surface area contributed by atoms with Crippen molar-refractivity contribution in [2.75, 3.05) is 32.4 Å². The Labute approximate surface area is 78.9 Å². The van der Waals surface area contributed by atoms with Crippen LogP contribution in [0.1, 0.15) is 6.42 Å². The summed E-state index contributed by atoms with van der Waals surface area (Å²) in [7, 11) is 1.90. The van der Waals surface area contributed by atoms with Crippen LogP contribution in [0.25, 0.3) is 0 Å². The highest BCUT2D eigenvalue weighted by Gasteiger charge is 2.27. The van der Waals surface area contributed by atoms with Crippen LogP contribution in [0.4, 0.5) is 0 Å². The first kappa shape index (κ1) is 9.86. The van der Waals surface area contributed by atoms with Crippen molar-refractivity contribution in [2.24, 2.45) is 5.92 Å². The van der Waals surface area contributed by atoms with E-state index in [0.717, 1.165) is 25.4 Å². The maximum absolute atomic E-state index is 11.3. The van der Waals surface area contributed by atoms with Crippen LogP contribution >= 0.6 is 12.6 Å². The van der Waals surface area contributed by atoms with E-state index in [0.29, 0.717) is 12.3 Å². The first-order valence-electron chi connectivity index (χ1n) is 4.31. The minimum atomic E-state index is 0.282. The van der Waals surface area contributed by atoms with Crippen LogP contribution in [-0.2, 0) is 4.79 Å². The Morgan fingerprint density at radius 1 is 1.75 bits per heavy atom. The van der Waals surface area contributed by atoms with E-state index >= 15 is 0 Å². The van der Waals surface area contributed by atoms with Gasteiger partial charge in [-0.25, -0.2) is 0 Å². The van der Waals surface area contributed by atoms with Gasteiger partial charge in [-0.15, -0.1) is 0 Å². The number of carbonyl (C=O) groups excluding carboxylic acids is 1. The smallest absolute Gasteiger partial charge is 0.222 e. The molecule has 1 saturated heterocycles. The van der Waals surface area contributed by atoms with Crippen molar-refractivity contribution in [1.29, 1.82) is 0 Å². The maximum Gasteiger partial charge on any atom is 0.222 e. The van der Waals surface area contributed by atoms with Crippen molar-refractivity contribution < 1.29 is 4.79 Å². The Hall–Kier alpha value is -0.220. The Bertz CT molecular complexity index is 163. The molecule has 1 rings (SSSR count). The molecule has 1 heterocycles. The third-order valence-corrected chi connectivity index (χ3v) is 2.70. The number of hydrogen-bond donors (Lipinski definition) is 2. The molecule has 12 heavy (non-hydrogen) atoms. The van der Waals surface area contributed by atoms with Crippen LogP contribution in [0, 0.1) is 5.92 Å². The molecule has 0 aromatic rings. The maximum atomic E-state index is 11.3. The molecule has 1 aliphatic rings. The molecule has 0 radical (unpaired) electrons. The van der Waals surface area contributed by atoms with Gasteiger partial charge in [-0.1, -0.05) is 0 Å². The summed E-state index contributed by atoms with van der Waals surface area (Å²) < 4.78 is 0. The SMILES string of the molecule is CNCCN1CC(CS)CC1=O. The van der Waals surface area contributed by atoms with Gasteiger partial charge >= 0.3 is 0 Å². The highest BCUT2D eigenvalue weighted by Crippen LogP contribution is 2.17. The molecule has 1 amide bonds. The summed E-state index contributed by atoms with van der Waals surface area (Å²) in [5, 5.41) is 3.04. The number of nitrogens with zero attached hydrogens (tertiary/aromatic N) is 1. The summed E-state index contributed by atoms with van der Waals surface area (Å²) in [5.41, 5.74) is 0. The predicted octanol–water partition coefficient (Wildman–Crippen LogP) is -0.0159. The topological polar surface area (TPSA) is 32.3 Å². The van der Waals surface area contributed by atoms with Crippen LogP contribution in [-0.4, -0.2) is 43.2 Å². The van der Waals surface area contributed by atoms with E-state index in [2.05, 4.69) is 17.9 Å². The van der Waals surface area contributed by atoms with Crippen molar-refractivity contribution in [3.05, 3.63) is 0 Å². The summed E-state index contributed by atoms with van der Waals surface area (Å²) in [6.45, 7) is 2.61. The summed E-state index contributed by atoms with van der Waals surface area (Å²) in [6.07, 6.45) is 0.688.